The number of anilines is 1. The van der Waals surface area contributed by atoms with Crippen molar-refractivity contribution >= 4 is 28.4 Å². The van der Waals surface area contributed by atoms with Crippen LogP contribution >= 0.6 is 0 Å². The van der Waals surface area contributed by atoms with E-state index in [-0.39, 0.29) is 11.5 Å². The molecule has 0 unspecified atom stereocenters. The fraction of sp³-hybridized carbons (Fsp3) is 0.125. The first-order valence-corrected chi connectivity index (χ1v) is 7.80. The summed E-state index contributed by atoms with van der Waals surface area (Å²) in [6.45, 7) is 2.36. The monoisotopic (exact) mass is 351 g/mol. The van der Waals surface area contributed by atoms with E-state index in [0.29, 0.717) is 23.5 Å². The number of tetrazole rings is 1. The van der Waals surface area contributed by atoms with E-state index in [1.807, 2.05) is 19.1 Å². The lowest BCUT2D eigenvalue weighted by Gasteiger charge is -2.12. The summed E-state index contributed by atoms with van der Waals surface area (Å²) in [6, 6.07) is 8.94. The molecule has 10 nitrogen and oxygen atoms in total. The van der Waals surface area contributed by atoms with Gasteiger partial charge in [0, 0.05) is 17.6 Å². The highest BCUT2D eigenvalue weighted by molar-refractivity contribution is 6.03. The Morgan fingerprint density at radius 2 is 2.19 bits per heavy atom. The van der Waals surface area contributed by atoms with Gasteiger partial charge in [0.25, 0.3) is 17.4 Å². The third-order valence-electron chi connectivity index (χ3n) is 3.77. The van der Waals surface area contributed by atoms with Gasteiger partial charge < -0.3 is 4.74 Å². The Kier molecular flexibility index (Phi) is 3.77. The minimum atomic E-state index is -0.670. The molecule has 0 atom stereocenters. The molecule has 26 heavy (non-hydrogen) atoms. The van der Waals surface area contributed by atoms with Gasteiger partial charge in [-0.15, -0.1) is 5.10 Å². The van der Waals surface area contributed by atoms with Gasteiger partial charge in [0.2, 0.25) is 0 Å². The van der Waals surface area contributed by atoms with Gasteiger partial charge in [-0.25, -0.2) is 4.98 Å². The Hall–Kier alpha value is -3.82. The SMILES string of the molecule is CCOc1cc2ncc(C(=O)Nc3nn[nH]n3)c(=O)n2c2ccccc12. The zero-order chi connectivity index (χ0) is 18.1. The first-order chi connectivity index (χ1) is 12.7. The molecule has 0 aliphatic carbocycles. The van der Waals surface area contributed by atoms with Crippen molar-refractivity contribution < 1.29 is 9.53 Å². The van der Waals surface area contributed by atoms with Crippen molar-refractivity contribution in [2.24, 2.45) is 0 Å². The second-order valence-corrected chi connectivity index (χ2v) is 5.32. The van der Waals surface area contributed by atoms with E-state index >= 15 is 0 Å². The number of benzene rings is 1. The maximum atomic E-state index is 12.9. The smallest absolute Gasteiger partial charge is 0.271 e. The second kappa shape index (κ2) is 6.24. The van der Waals surface area contributed by atoms with Gasteiger partial charge in [0.15, 0.2) is 0 Å². The van der Waals surface area contributed by atoms with Gasteiger partial charge in [0.1, 0.15) is 17.0 Å². The number of para-hydroxylation sites is 1. The van der Waals surface area contributed by atoms with Crippen LogP contribution in [0, 0.1) is 0 Å². The summed E-state index contributed by atoms with van der Waals surface area (Å²) in [5, 5.41) is 16.0. The predicted octanol–water partition coefficient (Wildman–Crippen LogP) is 1.01. The number of aromatic amines is 1. The highest BCUT2D eigenvalue weighted by Gasteiger charge is 2.17. The average molecular weight is 351 g/mol. The summed E-state index contributed by atoms with van der Waals surface area (Å²) in [6.07, 6.45) is 1.22. The summed E-state index contributed by atoms with van der Waals surface area (Å²) >= 11 is 0. The van der Waals surface area contributed by atoms with Crippen LogP contribution in [0.1, 0.15) is 17.3 Å². The molecule has 0 saturated heterocycles. The lowest BCUT2D eigenvalue weighted by Crippen LogP contribution is -2.27. The number of amides is 1. The number of fused-ring (bicyclic) bond motifs is 3. The van der Waals surface area contributed by atoms with Crippen LogP contribution in [0.15, 0.2) is 41.3 Å². The Morgan fingerprint density at radius 3 is 2.96 bits per heavy atom. The van der Waals surface area contributed by atoms with Crippen LogP contribution in [0.2, 0.25) is 0 Å². The number of nitrogens with one attached hydrogen (secondary N) is 2. The van der Waals surface area contributed by atoms with Crippen molar-refractivity contribution in [3.8, 4) is 5.75 Å². The van der Waals surface area contributed by atoms with Crippen molar-refractivity contribution in [1.82, 2.24) is 30.0 Å². The first-order valence-electron chi connectivity index (χ1n) is 7.80. The lowest BCUT2D eigenvalue weighted by atomic mass is 10.2. The van der Waals surface area contributed by atoms with Gasteiger partial charge in [-0.2, -0.15) is 5.21 Å². The highest BCUT2D eigenvalue weighted by atomic mass is 16.5. The van der Waals surface area contributed by atoms with E-state index in [9.17, 15) is 9.59 Å². The van der Waals surface area contributed by atoms with Crippen LogP contribution < -0.4 is 15.6 Å². The van der Waals surface area contributed by atoms with Crippen LogP contribution in [-0.4, -0.2) is 42.5 Å². The molecule has 0 spiro atoms. The van der Waals surface area contributed by atoms with E-state index < -0.39 is 11.5 Å². The van der Waals surface area contributed by atoms with Crippen LogP contribution in [0.25, 0.3) is 16.6 Å². The number of rotatable bonds is 4. The maximum Gasteiger partial charge on any atom is 0.271 e. The topological polar surface area (TPSA) is 127 Å². The molecular formula is C16H13N7O3. The Bertz CT molecular complexity index is 1170. The molecule has 0 aliphatic rings. The first kappa shape index (κ1) is 15.7. The Balaban J connectivity index is 1.92. The van der Waals surface area contributed by atoms with Gasteiger partial charge in [-0.05, 0) is 24.3 Å². The average Bonchev–Trinajstić information content (AvgIpc) is 3.15. The molecule has 1 amide bonds. The van der Waals surface area contributed by atoms with E-state index in [0.717, 1.165) is 5.39 Å². The van der Waals surface area contributed by atoms with Crippen molar-refractivity contribution in [3.05, 3.63) is 52.4 Å². The van der Waals surface area contributed by atoms with Gasteiger partial charge in [0.05, 0.1) is 12.1 Å². The molecule has 4 aromatic rings. The zero-order valence-electron chi connectivity index (χ0n) is 13.6. The lowest BCUT2D eigenvalue weighted by molar-refractivity contribution is 0.102. The number of nitrogens with zero attached hydrogens (tertiary/aromatic N) is 5. The number of pyridine rings is 1. The Morgan fingerprint density at radius 1 is 1.35 bits per heavy atom. The number of H-pyrrole nitrogens is 1. The molecule has 3 heterocycles. The number of hydrogen-bond donors (Lipinski definition) is 2. The van der Waals surface area contributed by atoms with Crippen LogP contribution in [0.3, 0.4) is 0 Å². The summed E-state index contributed by atoms with van der Waals surface area (Å²) in [7, 11) is 0. The Labute approximate surface area is 145 Å². The quantitative estimate of drug-likeness (QED) is 0.525. The van der Waals surface area contributed by atoms with Gasteiger partial charge >= 0.3 is 0 Å². The second-order valence-electron chi connectivity index (χ2n) is 5.32. The van der Waals surface area contributed by atoms with E-state index in [1.54, 1.807) is 18.2 Å². The van der Waals surface area contributed by atoms with Crippen molar-refractivity contribution in [1.29, 1.82) is 0 Å². The van der Waals surface area contributed by atoms with Crippen molar-refractivity contribution in [2.75, 3.05) is 11.9 Å². The normalized spacial score (nSPS) is 11.0. The molecule has 2 N–H and O–H groups in total. The molecule has 10 heteroatoms. The molecule has 0 saturated carbocycles. The van der Waals surface area contributed by atoms with Crippen LogP contribution in [-0.2, 0) is 0 Å². The minimum Gasteiger partial charge on any atom is -0.493 e. The molecule has 0 aliphatic heterocycles. The molecule has 130 valence electrons. The largest absolute Gasteiger partial charge is 0.493 e. The zero-order valence-corrected chi connectivity index (χ0v) is 13.6. The molecule has 0 bridgehead atoms. The molecule has 4 rings (SSSR count). The van der Waals surface area contributed by atoms with Crippen molar-refractivity contribution in [2.45, 2.75) is 6.92 Å². The summed E-state index contributed by atoms with van der Waals surface area (Å²) in [4.78, 5) is 29.6. The molecule has 1 aromatic carbocycles. The third kappa shape index (κ3) is 2.53. The predicted molar refractivity (Wildman–Crippen MR) is 92.3 cm³/mol. The van der Waals surface area contributed by atoms with Gasteiger partial charge in [-0.3, -0.25) is 19.3 Å². The van der Waals surface area contributed by atoms with Crippen molar-refractivity contribution in [3.63, 3.8) is 0 Å². The number of ether oxygens (including phenoxy) is 1. The molecular weight excluding hydrogens is 338 g/mol. The fourth-order valence-electron chi connectivity index (χ4n) is 2.69. The number of carbonyl (C=O) groups excluding carboxylic acids is 1. The van der Waals surface area contributed by atoms with Crippen LogP contribution in [0.5, 0.6) is 5.75 Å². The van der Waals surface area contributed by atoms with E-state index in [1.165, 1.54) is 10.6 Å². The third-order valence-corrected chi connectivity index (χ3v) is 3.77. The number of aromatic nitrogens is 6. The standard InChI is InChI=1S/C16H13N7O3/c1-2-26-12-7-13-17-8-10(14(24)18-16-19-21-22-20-16)15(25)23(13)11-6-4-3-5-9(11)12/h3-8H,2H2,1H3,(H2,18,19,20,21,22,24). The van der Waals surface area contributed by atoms with E-state index in [4.69, 9.17) is 4.74 Å². The highest BCUT2D eigenvalue weighted by Crippen LogP contribution is 2.26. The summed E-state index contributed by atoms with van der Waals surface area (Å²) in [5.41, 5.74) is 0.338. The maximum absolute atomic E-state index is 12.9. The number of hydrogen-bond acceptors (Lipinski definition) is 7. The molecule has 0 radical (unpaired) electrons. The van der Waals surface area contributed by atoms with Crippen LogP contribution in [0.4, 0.5) is 5.95 Å². The van der Waals surface area contributed by atoms with E-state index in [2.05, 4.69) is 30.9 Å². The number of carbonyl (C=O) groups is 1. The summed E-state index contributed by atoms with van der Waals surface area (Å²) in [5.74, 6) is -0.0775. The molecule has 0 fully saturated rings. The van der Waals surface area contributed by atoms with Gasteiger partial charge in [-0.1, -0.05) is 17.2 Å². The fourth-order valence-corrected chi connectivity index (χ4v) is 2.69. The molecule has 3 aromatic heterocycles. The minimum absolute atomic E-state index is 0.0314. The summed E-state index contributed by atoms with van der Waals surface area (Å²) < 4.78 is 7.03.